The number of amides is 1. The Kier molecular flexibility index (Phi) is 6.01. The molecule has 120 valence electrons. The van der Waals surface area contributed by atoms with E-state index < -0.39 is 4.92 Å². The lowest BCUT2D eigenvalue weighted by molar-refractivity contribution is -0.385. The van der Waals surface area contributed by atoms with E-state index in [-0.39, 0.29) is 17.3 Å². The summed E-state index contributed by atoms with van der Waals surface area (Å²) in [6.45, 7) is 1.66. The van der Waals surface area contributed by atoms with Crippen LogP contribution in [0.1, 0.15) is 11.1 Å². The van der Waals surface area contributed by atoms with Crippen molar-refractivity contribution in [3.8, 4) is 0 Å². The summed E-state index contributed by atoms with van der Waals surface area (Å²) < 4.78 is 0. The Morgan fingerprint density at radius 1 is 1.26 bits per heavy atom. The third-order valence-electron chi connectivity index (χ3n) is 3.10. The Morgan fingerprint density at radius 3 is 2.61 bits per heavy atom. The topological polar surface area (TPSA) is 72.2 Å². The highest BCUT2D eigenvalue weighted by Gasteiger charge is 2.12. The molecule has 1 N–H and O–H groups in total. The third kappa shape index (κ3) is 5.26. The molecule has 0 aliphatic heterocycles. The van der Waals surface area contributed by atoms with Gasteiger partial charge in [-0.1, -0.05) is 29.8 Å². The van der Waals surface area contributed by atoms with Crippen molar-refractivity contribution in [2.24, 2.45) is 0 Å². The second-order valence-electron chi connectivity index (χ2n) is 4.93. The molecule has 1 amide bonds. The number of halogens is 1. The second kappa shape index (κ2) is 7.99. The van der Waals surface area contributed by atoms with Crippen molar-refractivity contribution in [3.63, 3.8) is 0 Å². The molecular formula is C16H15ClN2O3S. The van der Waals surface area contributed by atoms with Crippen LogP contribution in [0.3, 0.4) is 0 Å². The van der Waals surface area contributed by atoms with Crippen LogP contribution in [0.25, 0.3) is 0 Å². The van der Waals surface area contributed by atoms with Gasteiger partial charge in [-0.15, -0.1) is 11.8 Å². The van der Waals surface area contributed by atoms with Crippen LogP contribution < -0.4 is 5.32 Å². The van der Waals surface area contributed by atoms with Crippen LogP contribution in [0.15, 0.2) is 42.5 Å². The Hall–Kier alpha value is -2.05. The molecule has 5 nitrogen and oxygen atoms in total. The zero-order chi connectivity index (χ0) is 16.8. The highest BCUT2D eigenvalue weighted by Crippen LogP contribution is 2.22. The molecule has 0 bridgehead atoms. The number of thioether (sulfide) groups is 1. The number of hydrogen-bond donors (Lipinski definition) is 1. The normalized spacial score (nSPS) is 10.3. The molecule has 0 atom stereocenters. The maximum atomic E-state index is 11.9. The highest BCUT2D eigenvalue weighted by atomic mass is 35.5. The molecule has 0 heterocycles. The van der Waals surface area contributed by atoms with Gasteiger partial charge < -0.3 is 5.32 Å². The van der Waals surface area contributed by atoms with E-state index in [0.717, 1.165) is 5.56 Å². The minimum Gasteiger partial charge on any atom is -0.325 e. The Morgan fingerprint density at radius 2 is 1.96 bits per heavy atom. The van der Waals surface area contributed by atoms with E-state index in [0.29, 0.717) is 22.0 Å². The van der Waals surface area contributed by atoms with E-state index in [1.54, 1.807) is 19.1 Å². The van der Waals surface area contributed by atoms with E-state index in [4.69, 9.17) is 11.6 Å². The summed E-state index contributed by atoms with van der Waals surface area (Å²) in [5.74, 6) is 0.769. The van der Waals surface area contributed by atoms with E-state index in [1.807, 2.05) is 24.3 Å². The van der Waals surface area contributed by atoms with Crippen LogP contribution in [-0.2, 0) is 10.5 Å². The van der Waals surface area contributed by atoms with Crippen molar-refractivity contribution in [1.82, 2.24) is 0 Å². The van der Waals surface area contributed by atoms with Crippen LogP contribution >= 0.6 is 23.4 Å². The summed E-state index contributed by atoms with van der Waals surface area (Å²) in [5, 5.41) is 14.2. The average Bonchev–Trinajstić information content (AvgIpc) is 2.51. The number of carbonyl (C=O) groups excluding carboxylic acids is 1. The van der Waals surface area contributed by atoms with Crippen molar-refractivity contribution < 1.29 is 9.72 Å². The first-order valence-corrected chi connectivity index (χ1v) is 8.36. The van der Waals surface area contributed by atoms with E-state index in [2.05, 4.69) is 5.32 Å². The molecule has 0 radical (unpaired) electrons. The minimum atomic E-state index is -0.458. The Labute approximate surface area is 143 Å². The molecular weight excluding hydrogens is 336 g/mol. The number of nitrogens with one attached hydrogen (secondary N) is 1. The van der Waals surface area contributed by atoms with Crippen LogP contribution in [-0.4, -0.2) is 16.6 Å². The first kappa shape index (κ1) is 17.3. The largest absolute Gasteiger partial charge is 0.325 e. The minimum absolute atomic E-state index is 0.00313. The number of aryl methyl sites for hydroxylation is 1. The number of nitro benzene ring substituents is 1. The Bertz CT molecular complexity index is 720. The lowest BCUT2D eigenvalue weighted by atomic mass is 10.2. The predicted octanol–water partition coefficient (Wildman–Crippen LogP) is 4.43. The molecule has 7 heteroatoms. The summed E-state index contributed by atoms with van der Waals surface area (Å²) in [6, 6.07) is 12.1. The quantitative estimate of drug-likeness (QED) is 0.618. The third-order valence-corrected chi connectivity index (χ3v) is 4.36. The smallest absolute Gasteiger partial charge is 0.274 e. The average molecular weight is 351 g/mol. The van der Waals surface area contributed by atoms with Gasteiger partial charge in [-0.3, -0.25) is 14.9 Å². The number of nitro groups is 1. The van der Waals surface area contributed by atoms with Crippen LogP contribution in [0.2, 0.25) is 5.02 Å². The van der Waals surface area contributed by atoms with Gasteiger partial charge in [-0.2, -0.15) is 0 Å². The molecule has 2 aromatic carbocycles. The van der Waals surface area contributed by atoms with Crippen LogP contribution in [0.5, 0.6) is 0 Å². The van der Waals surface area contributed by atoms with Crippen LogP contribution in [0, 0.1) is 17.0 Å². The molecule has 0 fully saturated rings. The number of hydrogen-bond acceptors (Lipinski definition) is 4. The maximum Gasteiger partial charge on any atom is 0.274 e. The molecule has 0 saturated carbocycles. The number of carbonyl (C=O) groups is 1. The van der Waals surface area contributed by atoms with Crippen molar-refractivity contribution in [2.75, 3.05) is 11.1 Å². The Balaban J connectivity index is 1.86. The molecule has 0 spiro atoms. The summed E-state index contributed by atoms with van der Waals surface area (Å²) >= 11 is 7.28. The van der Waals surface area contributed by atoms with Gasteiger partial charge in [0.25, 0.3) is 5.69 Å². The number of anilines is 1. The van der Waals surface area contributed by atoms with Gasteiger partial charge in [0, 0.05) is 28.1 Å². The SMILES string of the molecule is Cc1ccc(NC(=O)CSCc2ccc(Cl)cc2)cc1[N+](=O)[O-]. The maximum absolute atomic E-state index is 11.9. The summed E-state index contributed by atoms with van der Waals surface area (Å²) in [6.07, 6.45) is 0. The van der Waals surface area contributed by atoms with E-state index >= 15 is 0 Å². The fourth-order valence-electron chi connectivity index (χ4n) is 1.92. The predicted molar refractivity (Wildman–Crippen MR) is 94.1 cm³/mol. The van der Waals surface area contributed by atoms with Gasteiger partial charge in [0.05, 0.1) is 10.7 Å². The van der Waals surface area contributed by atoms with Crippen molar-refractivity contribution in [3.05, 3.63) is 68.7 Å². The first-order chi connectivity index (χ1) is 11.0. The monoisotopic (exact) mass is 350 g/mol. The van der Waals surface area contributed by atoms with Gasteiger partial charge in [-0.25, -0.2) is 0 Å². The molecule has 0 aromatic heterocycles. The lowest BCUT2D eigenvalue weighted by Gasteiger charge is -2.06. The van der Waals surface area contributed by atoms with Crippen molar-refractivity contribution >= 4 is 40.6 Å². The van der Waals surface area contributed by atoms with Gasteiger partial charge in [-0.05, 0) is 30.7 Å². The number of nitrogens with zero attached hydrogens (tertiary/aromatic N) is 1. The second-order valence-corrected chi connectivity index (χ2v) is 6.35. The van der Waals surface area contributed by atoms with Crippen molar-refractivity contribution in [2.45, 2.75) is 12.7 Å². The molecule has 0 unspecified atom stereocenters. The number of benzene rings is 2. The van der Waals surface area contributed by atoms with Crippen molar-refractivity contribution in [1.29, 1.82) is 0 Å². The summed E-state index contributed by atoms with van der Waals surface area (Å²) in [4.78, 5) is 22.3. The fraction of sp³-hybridized carbons (Fsp3) is 0.188. The zero-order valence-electron chi connectivity index (χ0n) is 12.4. The standard InChI is InChI=1S/C16H15ClN2O3S/c1-11-2-7-14(8-15(11)19(21)22)18-16(20)10-23-9-12-3-5-13(17)6-4-12/h2-8H,9-10H2,1H3,(H,18,20). The molecule has 0 saturated heterocycles. The number of rotatable bonds is 6. The lowest BCUT2D eigenvalue weighted by Crippen LogP contribution is -2.14. The molecule has 0 aliphatic carbocycles. The van der Waals surface area contributed by atoms with E-state index in [1.165, 1.54) is 17.8 Å². The summed E-state index contributed by atoms with van der Waals surface area (Å²) in [7, 11) is 0. The van der Waals surface area contributed by atoms with Crippen LogP contribution in [0.4, 0.5) is 11.4 Å². The molecule has 2 aromatic rings. The van der Waals surface area contributed by atoms with E-state index in [9.17, 15) is 14.9 Å². The highest BCUT2D eigenvalue weighted by molar-refractivity contribution is 7.99. The van der Waals surface area contributed by atoms with Gasteiger partial charge in [0.15, 0.2) is 0 Å². The first-order valence-electron chi connectivity index (χ1n) is 6.83. The van der Waals surface area contributed by atoms with Gasteiger partial charge in [0.2, 0.25) is 5.91 Å². The molecule has 2 rings (SSSR count). The zero-order valence-corrected chi connectivity index (χ0v) is 14.0. The summed E-state index contributed by atoms with van der Waals surface area (Å²) in [5.41, 5.74) is 2.07. The van der Waals surface area contributed by atoms with Gasteiger partial charge in [0.1, 0.15) is 0 Å². The molecule has 0 aliphatic rings. The van der Waals surface area contributed by atoms with Gasteiger partial charge >= 0.3 is 0 Å². The fourth-order valence-corrected chi connectivity index (χ4v) is 2.84. The molecule has 23 heavy (non-hydrogen) atoms.